The van der Waals surface area contributed by atoms with Gasteiger partial charge in [0.15, 0.2) is 0 Å². The second-order valence-corrected chi connectivity index (χ2v) is 6.47. The lowest BCUT2D eigenvalue weighted by Crippen LogP contribution is -2.40. The first-order chi connectivity index (χ1) is 10.0. The third-order valence-electron chi connectivity index (χ3n) is 4.42. The SMILES string of the molecule is Cc1cc([N+](=O)[O-])cc(Cl)c1NC1CCN(C2CC2)CC1. The van der Waals surface area contributed by atoms with Gasteiger partial charge in [-0.15, -0.1) is 0 Å². The highest BCUT2D eigenvalue weighted by Gasteiger charge is 2.32. The Kier molecular flexibility index (Phi) is 4.04. The topological polar surface area (TPSA) is 58.4 Å². The second-order valence-electron chi connectivity index (χ2n) is 6.06. The van der Waals surface area contributed by atoms with Crippen molar-refractivity contribution < 1.29 is 4.92 Å². The van der Waals surface area contributed by atoms with E-state index in [1.165, 1.54) is 18.9 Å². The Morgan fingerprint density at radius 3 is 2.48 bits per heavy atom. The molecule has 1 saturated carbocycles. The average Bonchev–Trinajstić information content (AvgIpc) is 3.28. The number of nitrogens with zero attached hydrogens (tertiary/aromatic N) is 2. The van der Waals surface area contributed by atoms with Gasteiger partial charge in [0.2, 0.25) is 0 Å². The molecule has 21 heavy (non-hydrogen) atoms. The van der Waals surface area contributed by atoms with Crippen LogP contribution in [0.4, 0.5) is 11.4 Å². The fourth-order valence-corrected chi connectivity index (χ4v) is 3.38. The Morgan fingerprint density at radius 2 is 1.95 bits per heavy atom. The fourth-order valence-electron chi connectivity index (χ4n) is 3.07. The third kappa shape index (κ3) is 3.30. The van der Waals surface area contributed by atoms with Gasteiger partial charge in [-0.05, 0) is 38.2 Å². The first-order valence-electron chi connectivity index (χ1n) is 7.49. The molecule has 0 atom stereocenters. The summed E-state index contributed by atoms with van der Waals surface area (Å²) in [4.78, 5) is 13.0. The minimum Gasteiger partial charge on any atom is -0.381 e. The van der Waals surface area contributed by atoms with Crippen LogP contribution < -0.4 is 5.32 Å². The molecular formula is C15H20ClN3O2. The summed E-state index contributed by atoms with van der Waals surface area (Å²) < 4.78 is 0. The van der Waals surface area contributed by atoms with Gasteiger partial charge in [-0.25, -0.2) is 0 Å². The monoisotopic (exact) mass is 309 g/mol. The van der Waals surface area contributed by atoms with Crippen LogP contribution in [0.3, 0.4) is 0 Å². The summed E-state index contributed by atoms with van der Waals surface area (Å²) in [6.45, 7) is 4.12. The molecule has 2 fully saturated rings. The number of benzene rings is 1. The highest BCUT2D eigenvalue weighted by atomic mass is 35.5. The largest absolute Gasteiger partial charge is 0.381 e. The number of halogens is 1. The number of nitrogens with one attached hydrogen (secondary N) is 1. The standard InChI is InChI=1S/C15H20ClN3O2/c1-10-8-13(19(20)21)9-14(16)15(10)17-11-4-6-18(7-5-11)12-2-3-12/h8-9,11-12,17H,2-7H2,1H3. The number of non-ortho nitro benzene ring substituents is 1. The normalized spacial score (nSPS) is 20.5. The van der Waals surface area contributed by atoms with Crippen molar-refractivity contribution in [3.05, 3.63) is 32.8 Å². The van der Waals surface area contributed by atoms with Crippen LogP contribution in [0.25, 0.3) is 0 Å². The lowest BCUT2D eigenvalue weighted by molar-refractivity contribution is -0.384. The number of piperidine rings is 1. The van der Waals surface area contributed by atoms with Crippen molar-refractivity contribution in [2.24, 2.45) is 0 Å². The van der Waals surface area contributed by atoms with E-state index in [1.807, 2.05) is 6.92 Å². The van der Waals surface area contributed by atoms with Gasteiger partial charge in [0.25, 0.3) is 5.69 Å². The molecule has 2 aliphatic rings. The zero-order valence-corrected chi connectivity index (χ0v) is 12.9. The van der Waals surface area contributed by atoms with Gasteiger partial charge in [-0.3, -0.25) is 10.1 Å². The van der Waals surface area contributed by atoms with E-state index in [0.29, 0.717) is 11.1 Å². The maximum atomic E-state index is 10.8. The molecule has 1 aliphatic heterocycles. The van der Waals surface area contributed by atoms with E-state index in [0.717, 1.165) is 43.2 Å². The average molecular weight is 310 g/mol. The molecule has 0 aromatic heterocycles. The maximum Gasteiger partial charge on any atom is 0.271 e. The van der Waals surface area contributed by atoms with Gasteiger partial charge < -0.3 is 10.2 Å². The molecule has 6 heteroatoms. The predicted molar refractivity (Wildman–Crippen MR) is 84.1 cm³/mol. The number of hydrogen-bond donors (Lipinski definition) is 1. The van der Waals surface area contributed by atoms with Crippen LogP contribution in [0, 0.1) is 17.0 Å². The van der Waals surface area contributed by atoms with Crippen molar-refractivity contribution in [1.29, 1.82) is 0 Å². The summed E-state index contributed by atoms with van der Waals surface area (Å²) in [5.41, 5.74) is 1.72. The van der Waals surface area contributed by atoms with Crippen molar-refractivity contribution in [2.75, 3.05) is 18.4 Å². The molecule has 0 radical (unpaired) electrons. The fraction of sp³-hybridized carbons (Fsp3) is 0.600. The molecule has 1 saturated heterocycles. The molecule has 1 aromatic rings. The van der Waals surface area contributed by atoms with Crippen molar-refractivity contribution in [2.45, 2.75) is 44.7 Å². The summed E-state index contributed by atoms with van der Waals surface area (Å²) in [5, 5.41) is 14.8. The van der Waals surface area contributed by atoms with Crippen LogP contribution in [0.2, 0.25) is 5.02 Å². The Morgan fingerprint density at radius 1 is 1.29 bits per heavy atom. The first kappa shape index (κ1) is 14.6. The van der Waals surface area contributed by atoms with Crippen LogP contribution in [0.15, 0.2) is 12.1 Å². The highest BCUT2D eigenvalue weighted by molar-refractivity contribution is 6.33. The van der Waals surface area contributed by atoms with E-state index in [-0.39, 0.29) is 5.69 Å². The van der Waals surface area contributed by atoms with Crippen LogP contribution >= 0.6 is 11.6 Å². The van der Waals surface area contributed by atoms with Crippen molar-refractivity contribution in [3.63, 3.8) is 0 Å². The van der Waals surface area contributed by atoms with E-state index in [4.69, 9.17) is 11.6 Å². The Labute approximate surface area is 129 Å². The molecule has 1 aromatic carbocycles. The van der Waals surface area contributed by atoms with Crippen molar-refractivity contribution >= 4 is 23.0 Å². The summed E-state index contributed by atoms with van der Waals surface area (Å²) in [7, 11) is 0. The number of likely N-dealkylation sites (tertiary alicyclic amines) is 1. The zero-order valence-electron chi connectivity index (χ0n) is 12.1. The van der Waals surface area contributed by atoms with Gasteiger partial charge in [0.1, 0.15) is 0 Å². The third-order valence-corrected chi connectivity index (χ3v) is 4.72. The molecule has 0 amide bonds. The van der Waals surface area contributed by atoms with E-state index in [1.54, 1.807) is 6.07 Å². The summed E-state index contributed by atoms with van der Waals surface area (Å²) in [6.07, 6.45) is 4.91. The van der Waals surface area contributed by atoms with Crippen LogP contribution in [0.5, 0.6) is 0 Å². The van der Waals surface area contributed by atoms with Gasteiger partial charge in [-0.2, -0.15) is 0 Å². The molecule has 114 valence electrons. The molecule has 1 aliphatic carbocycles. The predicted octanol–water partition coefficient (Wildman–Crippen LogP) is 3.60. The van der Waals surface area contributed by atoms with Crippen LogP contribution in [0.1, 0.15) is 31.2 Å². The first-order valence-corrected chi connectivity index (χ1v) is 7.87. The van der Waals surface area contributed by atoms with Crippen LogP contribution in [-0.4, -0.2) is 35.0 Å². The lowest BCUT2D eigenvalue weighted by atomic mass is 10.0. The number of anilines is 1. The van der Waals surface area contributed by atoms with E-state index in [2.05, 4.69) is 10.2 Å². The van der Waals surface area contributed by atoms with E-state index >= 15 is 0 Å². The van der Waals surface area contributed by atoms with Crippen molar-refractivity contribution in [3.8, 4) is 0 Å². The maximum absolute atomic E-state index is 10.8. The molecular weight excluding hydrogens is 290 g/mol. The minimum absolute atomic E-state index is 0.0478. The Hall–Kier alpha value is -1.33. The Balaban J connectivity index is 1.66. The molecule has 1 N–H and O–H groups in total. The number of hydrogen-bond acceptors (Lipinski definition) is 4. The van der Waals surface area contributed by atoms with Gasteiger partial charge >= 0.3 is 0 Å². The molecule has 1 heterocycles. The van der Waals surface area contributed by atoms with Gasteiger partial charge in [0.05, 0.1) is 15.6 Å². The molecule has 3 rings (SSSR count). The molecule has 0 unspecified atom stereocenters. The number of aryl methyl sites for hydroxylation is 1. The summed E-state index contributed by atoms with van der Waals surface area (Å²) in [6, 6.07) is 4.23. The van der Waals surface area contributed by atoms with Gasteiger partial charge in [0, 0.05) is 37.3 Å². The van der Waals surface area contributed by atoms with E-state index in [9.17, 15) is 10.1 Å². The highest BCUT2D eigenvalue weighted by Crippen LogP contribution is 2.34. The van der Waals surface area contributed by atoms with E-state index < -0.39 is 4.92 Å². The lowest BCUT2D eigenvalue weighted by Gasteiger charge is -2.33. The smallest absolute Gasteiger partial charge is 0.271 e. The van der Waals surface area contributed by atoms with Crippen molar-refractivity contribution in [1.82, 2.24) is 4.90 Å². The summed E-state index contributed by atoms with van der Waals surface area (Å²) >= 11 is 6.21. The van der Waals surface area contributed by atoms with Gasteiger partial charge in [-0.1, -0.05) is 11.6 Å². The zero-order chi connectivity index (χ0) is 15.0. The Bertz CT molecular complexity index is 529. The summed E-state index contributed by atoms with van der Waals surface area (Å²) in [5.74, 6) is 0. The minimum atomic E-state index is -0.406. The number of nitro benzene ring substituents is 1. The number of rotatable bonds is 4. The molecule has 0 spiro atoms. The van der Waals surface area contributed by atoms with Crippen LogP contribution in [-0.2, 0) is 0 Å². The molecule has 5 nitrogen and oxygen atoms in total. The number of nitro groups is 1. The quantitative estimate of drug-likeness (QED) is 0.682. The molecule has 0 bridgehead atoms. The second kappa shape index (κ2) is 5.81.